The molecule has 1 N–H and O–H groups in total. The van der Waals surface area contributed by atoms with Gasteiger partial charge in [0.05, 0.1) is 5.56 Å². The third kappa shape index (κ3) is 4.34. The molecule has 0 aliphatic heterocycles. The van der Waals surface area contributed by atoms with Crippen molar-refractivity contribution in [3.63, 3.8) is 0 Å². The van der Waals surface area contributed by atoms with Gasteiger partial charge in [-0.15, -0.1) is 0 Å². The van der Waals surface area contributed by atoms with Crippen molar-refractivity contribution in [2.24, 2.45) is 0 Å². The standard InChI is InChI=1S/C22H24N6O5/c1-4-6-11-28-18-17(19(29)25-22(28)31)27(5-2)16(24-18)12-32-21(30)15-9-7-14(8-10-15)20-23-13(3)26-33-20/h7-10H,4-6,11-12H2,1-3H3,(H,25,29,31). The van der Waals surface area contributed by atoms with E-state index in [1.807, 2.05) is 13.8 Å². The number of carbonyl (C=O) groups is 1. The monoisotopic (exact) mass is 452 g/mol. The van der Waals surface area contributed by atoms with Gasteiger partial charge < -0.3 is 13.8 Å². The lowest BCUT2D eigenvalue weighted by molar-refractivity contribution is 0.0458. The topological polar surface area (TPSA) is 138 Å². The minimum Gasteiger partial charge on any atom is -0.454 e. The van der Waals surface area contributed by atoms with Crippen molar-refractivity contribution in [3.8, 4) is 11.5 Å². The number of rotatable bonds is 8. The Labute approximate surface area is 188 Å². The van der Waals surface area contributed by atoms with Gasteiger partial charge in [-0.3, -0.25) is 14.3 Å². The van der Waals surface area contributed by atoms with Crippen LogP contribution in [0.2, 0.25) is 0 Å². The number of H-pyrrole nitrogens is 1. The van der Waals surface area contributed by atoms with Gasteiger partial charge in [0.2, 0.25) is 0 Å². The van der Waals surface area contributed by atoms with E-state index >= 15 is 0 Å². The lowest BCUT2D eigenvalue weighted by Gasteiger charge is -2.07. The van der Waals surface area contributed by atoms with Gasteiger partial charge in [-0.1, -0.05) is 18.5 Å². The van der Waals surface area contributed by atoms with Crippen molar-refractivity contribution < 1.29 is 14.1 Å². The summed E-state index contributed by atoms with van der Waals surface area (Å²) < 4.78 is 13.7. The van der Waals surface area contributed by atoms with E-state index in [0.717, 1.165) is 12.8 Å². The van der Waals surface area contributed by atoms with Crippen LogP contribution in [0, 0.1) is 6.92 Å². The molecular weight excluding hydrogens is 428 g/mol. The molecule has 0 unspecified atom stereocenters. The predicted molar refractivity (Wildman–Crippen MR) is 119 cm³/mol. The van der Waals surface area contributed by atoms with E-state index in [-0.39, 0.29) is 6.61 Å². The lowest BCUT2D eigenvalue weighted by atomic mass is 10.1. The highest BCUT2D eigenvalue weighted by molar-refractivity contribution is 5.89. The zero-order chi connectivity index (χ0) is 23.5. The van der Waals surface area contributed by atoms with E-state index in [0.29, 0.717) is 52.9 Å². The van der Waals surface area contributed by atoms with Crippen LogP contribution in [0.15, 0.2) is 38.4 Å². The van der Waals surface area contributed by atoms with Crippen LogP contribution in [0.5, 0.6) is 0 Å². The number of nitrogens with one attached hydrogen (secondary N) is 1. The molecule has 3 heterocycles. The van der Waals surface area contributed by atoms with Crippen molar-refractivity contribution in [3.05, 3.63) is 62.3 Å². The van der Waals surface area contributed by atoms with Crippen LogP contribution in [-0.4, -0.2) is 35.2 Å². The zero-order valence-corrected chi connectivity index (χ0v) is 18.6. The Balaban J connectivity index is 1.57. The van der Waals surface area contributed by atoms with Crippen LogP contribution in [-0.2, 0) is 24.4 Å². The molecule has 0 aliphatic carbocycles. The first kappa shape index (κ1) is 22.2. The first-order chi connectivity index (χ1) is 15.9. The Kier molecular flexibility index (Phi) is 6.20. The average molecular weight is 452 g/mol. The summed E-state index contributed by atoms with van der Waals surface area (Å²) in [4.78, 5) is 48.4. The average Bonchev–Trinajstić information content (AvgIpc) is 3.41. The number of benzene rings is 1. The number of hydrogen-bond acceptors (Lipinski definition) is 8. The molecule has 11 heteroatoms. The summed E-state index contributed by atoms with van der Waals surface area (Å²) in [5, 5.41) is 3.75. The number of ether oxygens (including phenoxy) is 1. The minimum atomic E-state index is -0.546. The SMILES string of the molecule is CCCCn1c(=O)[nH]c(=O)c2c1nc(COC(=O)c1ccc(-c3nc(C)no3)cc1)n2CC. The number of aryl methyl sites for hydroxylation is 3. The van der Waals surface area contributed by atoms with Gasteiger partial charge in [0.15, 0.2) is 17.0 Å². The number of fused-ring (bicyclic) bond motifs is 1. The first-order valence-corrected chi connectivity index (χ1v) is 10.7. The number of imidazole rings is 1. The molecule has 33 heavy (non-hydrogen) atoms. The third-order valence-electron chi connectivity index (χ3n) is 5.24. The van der Waals surface area contributed by atoms with E-state index in [4.69, 9.17) is 9.26 Å². The Morgan fingerprint density at radius 3 is 2.52 bits per heavy atom. The number of carbonyl (C=O) groups excluding carboxylic acids is 1. The van der Waals surface area contributed by atoms with Gasteiger partial charge in [0.25, 0.3) is 11.4 Å². The summed E-state index contributed by atoms with van der Waals surface area (Å²) in [6, 6.07) is 6.59. The molecule has 3 aromatic heterocycles. The number of aromatic amines is 1. The van der Waals surface area contributed by atoms with E-state index in [1.165, 1.54) is 4.57 Å². The van der Waals surface area contributed by atoms with E-state index < -0.39 is 17.2 Å². The number of unbranched alkanes of at least 4 members (excludes halogenated alkanes) is 1. The van der Waals surface area contributed by atoms with Gasteiger partial charge in [-0.25, -0.2) is 14.6 Å². The Bertz CT molecular complexity index is 1410. The summed E-state index contributed by atoms with van der Waals surface area (Å²) in [5.41, 5.74) is 0.599. The molecule has 0 saturated carbocycles. The van der Waals surface area contributed by atoms with Crippen molar-refractivity contribution in [2.75, 3.05) is 0 Å². The van der Waals surface area contributed by atoms with Crippen molar-refractivity contribution >= 4 is 17.1 Å². The normalized spacial score (nSPS) is 11.2. The molecule has 0 fully saturated rings. The molecule has 11 nitrogen and oxygen atoms in total. The molecule has 0 bridgehead atoms. The highest BCUT2D eigenvalue weighted by atomic mass is 16.5. The fourth-order valence-corrected chi connectivity index (χ4v) is 3.57. The van der Waals surface area contributed by atoms with Crippen LogP contribution >= 0.6 is 0 Å². The van der Waals surface area contributed by atoms with Crippen LogP contribution < -0.4 is 11.2 Å². The minimum absolute atomic E-state index is 0.145. The molecule has 0 radical (unpaired) electrons. The van der Waals surface area contributed by atoms with Crippen molar-refractivity contribution in [2.45, 2.75) is 53.3 Å². The van der Waals surface area contributed by atoms with Gasteiger partial charge in [-0.2, -0.15) is 4.98 Å². The maximum atomic E-state index is 12.6. The van der Waals surface area contributed by atoms with Gasteiger partial charge in [-0.05, 0) is 44.5 Å². The van der Waals surface area contributed by atoms with E-state index in [2.05, 4.69) is 20.1 Å². The summed E-state index contributed by atoms with van der Waals surface area (Å²) in [7, 11) is 0. The maximum Gasteiger partial charge on any atom is 0.338 e. The molecule has 172 valence electrons. The van der Waals surface area contributed by atoms with Crippen LogP contribution in [0.4, 0.5) is 0 Å². The summed E-state index contributed by atoms with van der Waals surface area (Å²) in [5.74, 6) is 0.727. The fourth-order valence-electron chi connectivity index (χ4n) is 3.57. The number of esters is 1. The largest absolute Gasteiger partial charge is 0.454 e. The maximum absolute atomic E-state index is 12.6. The van der Waals surface area contributed by atoms with Crippen LogP contribution in [0.1, 0.15) is 48.7 Å². The summed E-state index contributed by atoms with van der Waals surface area (Å²) in [6.07, 6.45) is 1.65. The molecule has 0 aliphatic rings. The van der Waals surface area contributed by atoms with E-state index in [1.54, 1.807) is 35.8 Å². The third-order valence-corrected chi connectivity index (χ3v) is 5.24. The molecule has 0 amide bonds. The molecule has 1 aromatic carbocycles. The quantitative estimate of drug-likeness (QED) is 0.402. The molecule has 0 spiro atoms. The highest BCUT2D eigenvalue weighted by Crippen LogP contribution is 2.19. The second-order valence-electron chi connectivity index (χ2n) is 7.51. The second-order valence-corrected chi connectivity index (χ2v) is 7.51. The lowest BCUT2D eigenvalue weighted by Crippen LogP contribution is -2.31. The van der Waals surface area contributed by atoms with Gasteiger partial charge >= 0.3 is 11.7 Å². The summed E-state index contributed by atoms with van der Waals surface area (Å²) >= 11 is 0. The van der Waals surface area contributed by atoms with Gasteiger partial charge in [0.1, 0.15) is 12.4 Å². The summed E-state index contributed by atoms with van der Waals surface area (Å²) in [6.45, 7) is 6.31. The first-order valence-electron chi connectivity index (χ1n) is 10.7. The Hall–Kier alpha value is -4.02. The van der Waals surface area contributed by atoms with Crippen LogP contribution in [0.25, 0.3) is 22.6 Å². The highest BCUT2D eigenvalue weighted by Gasteiger charge is 2.19. The number of hydrogen-bond donors (Lipinski definition) is 1. The Morgan fingerprint density at radius 2 is 1.88 bits per heavy atom. The molecule has 0 saturated heterocycles. The second kappa shape index (κ2) is 9.23. The van der Waals surface area contributed by atoms with Crippen molar-refractivity contribution in [1.82, 2.24) is 29.2 Å². The molecule has 0 atom stereocenters. The van der Waals surface area contributed by atoms with E-state index in [9.17, 15) is 14.4 Å². The Morgan fingerprint density at radius 1 is 1.12 bits per heavy atom. The van der Waals surface area contributed by atoms with Crippen LogP contribution in [0.3, 0.4) is 0 Å². The molecular formula is C22H24N6O5. The smallest absolute Gasteiger partial charge is 0.338 e. The predicted octanol–water partition coefficient (Wildman–Crippen LogP) is 2.42. The van der Waals surface area contributed by atoms with Gasteiger partial charge in [0, 0.05) is 18.7 Å². The number of aromatic nitrogens is 6. The number of nitrogens with zero attached hydrogens (tertiary/aromatic N) is 5. The molecule has 4 rings (SSSR count). The zero-order valence-electron chi connectivity index (χ0n) is 18.6. The fraction of sp³-hybridized carbons (Fsp3) is 0.364. The van der Waals surface area contributed by atoms with Crippen molar-refractivity contribution in [1.29, 1.82) is 0 Å². The molecule has 4 aromatic rings.